The molecule has 4 rings (SSSR count). The maximum absolute atomic E-state index is 12.8. The van der Waals surface area contributed by atoms with Crippen molar-refractivity contribution in [3.05, 3.63) is 64.5 Å². The second-order valence-electron chi connectivity index (χ2n) is 7.67. The van der Waals surface area contributed by atoms with Gasteiger partial charge in [0, 0.05) is 25.0 Å². The number of carbonyl (C=O) groups excluding carboxylic acids is 1. The van der Waals surface area contributed by atoms with Crippen molar-refractivity contribution < 1.29 is 14.6 Å². The Morgan fingerprint density at radius 1 is 1.31 bits per heavy atom. The molecule has 1 amide bonds. The zero-order valence-electron chi connectivity index (χ0n) is 16.8. The second kappa shape index (κ2) is 8.31. The standard InChI is InChI=1S/C22H26N4O3/c1-26-11-17(14-6-4-3-5-7-14)18(12-26)25-20(28)9-16-8-15-10-23-22(29-2)21(15)19(13-27)24-16/h3-8,17-18,27H,9-13H2,1-2H3,(H,25,28)/t17-,18+/m1/s1. The molecule has 0 bridgehead atoms. The fourth-order valence-corrected chi connectivity index (χ4v) is 4.32. The summed E-state index contributed by atoms with van der Waals surface area (Å²) in [5.41, 5.74) is 4.07. The van der Waals surface area contributed by atoms with Crippen LogP contribution in [0.4, 0.5) is 0 Å². The van der Waals surface area contributed by atoms with Crippen LogP contribution in [0.3, 0.4) is 0 Å². The van der Waals surface area contributed by atoms with E-state index in [1.807, 2.05) is 24.3 Å². The van der Waals surface area contributed by atoms with Crippen molar-refractivity contribution in [3.63, 3.8) is 0 Å². The molecule has 2 aromatic rings. The maximum Gasteiger partial charge on any atom is 0.226 e. The van der Waals surface area contributed by atoms with Gasteiger partial charge in [-0.1, -0.05) is 30.3 Å². The second-order valence-corrected chi connectivity index (χ2v) is 7.67. The van der Waals surface area contributed by atoms with Gasteiger partial charge in [0.1, 0.15) is 0 Å². The maximum atomic E-state index is 12.8. The van der Waals surface area contributed by atoms with Gasteiger partial charge in [0.2, 0.25) is 11.8 Å². The van der Waals surface area contributed by atoms with Gasteiger partial charge in [-0.25, -0.2) is 4.99 Å². The molecule has 2 aliphatic rings. The van der Waals surface area contributed by atoms with Crippen LogP contribution in [0.15, 0.2) is 41.4 Å². The van der Waals surface area contributed by atoms with Crippen molar-refractivity contribution in [1.82, 2.24) is 15.2 Å². The summed E-state index contributed by atoms with van der Waals surface area (Å²) in [7, 11) is 3.63. The summed E-state index contributed by atoms with van der Waals surface area (Å²) < 4.78 is 5.27. The number of aliphatic hydroxyl groups excluding tert-OH is 1. The van der Waals surface area contributed by atoms with Gasteiger partial charge in [-0.15, -0.1) is 0 Å². The summed E-state index contributed by atoms with van der Waals surface area (Å²) in [5.74, 6) is 0.699. The number of likely N-dealkylation sites (N-methyl/N-ethyl adjacent to an activating group) is 1. The van der Waals surface area contributed by atoms with E-state index < -0.39 is 0 Å². The Morgan fingerprint density at radius 2 is 2.10 bits per heavy atom. The number of aliphatic hydroxyl groups is 1. The SMILES string of the molecule is COC1=NCc2cc(CC(=O)N[C@H]3CN(C)C[C@@H]3c3ccccc3)nc(CO)c21. The molecule has 3 heterocycles. The fourth-order valence-electron chi connectivity index (χ4n) is 4.32. The van der Waals surface area contributed by atoms with Crippen molar-refractivity contribution in [1.29, 1.82) is 0 Å². The number of aromatic nitrogens is 1. The summed E-state index contributed by atoms with van der Waals surface area (Å²) in [6.07, 6.45) is 0.171. The number of nitrogens with zero attached hydrogens (tertiary/aromatic N) is 3. The number of pyridine rings is 1. The Kier molecular flexibility index (Phi) is 5.60. The monoisotopic (exact) mass is 394 g/mol. The summed E-state index contributed by atoms with van der Waals surface area (Å²) in [6.45, 7) is 1.99. The molecule has 1 aromatic heterocycles. The van der Waals surface area contributed by atoms with E-state index in [0.717, 1.165) is 24.2 Å². The van der Waals surface area contributed by atoms with Crippen molar-refractivity contribution in [3.8, 4) is 0 Å². The van der Waals surface area contributed by atoms with Crippen LogP contribution < -0.4 is 5.32 Å². The number of likely N-dealkylation sites (tertiary alicyclic amines) is 1. The smallest absolute Gasteiger partial charge is 0.226 e. The van der Waals surface area contributed by atoms with E-state index in [0.29, 0.717) is 23.8 Å². The highest BCUT2D eigenvalue weighted by atomic mass is 16.5. The average molecular weight is 394 g/mol. The summed E-state index contributed by atoms with van der Waals surface area (Å²) in [6, 6.07) is 12.3. The Hall–Kier alpha value is -2.77. The molecule has 0 spiro atoms. The van der Waals surface area contributed by atoms with Gasteiger partial charge < -0.3 is 20.1 Å². The van der Waals surface area contributed by atoms with E-state index in [1.165, 1.54) is 5.56 Å². The molecule has 7 nitrogen and oxygen atoms in total. The minimum absolute atomic E-state index is 0.0602. The van der Waals surface area contributed by atoms with Crippen molar-refractivity contribution >= 4 is 11.8 Å². The third-order valence-corrected chi connectivity index (χ3v) is 5.60. The minimum Gasteiger partial charge on any atom is -0.481 e. The molecular formula is C22H26N4O3. The minimum atomic E-state index is -0.219. The van der Waals surface area contributed by atoms with E-state index >= 15 is 0 Å². The molecular weight excluding hydrogens is 368 g/mol. The van der Waals surface area contributed by atoms with Crippen molar-refractivity contribution in [2.24, 2.45) is 4.99 Å². The first-order chi connectivity index (χ1) is 14.1. The van der Waals surface area contributed by atoms with Crippen LogP contribution >= 0.6 is 0 Å². The van der Waals surface area contributed by atoms with Crippen molar-refractivity contribution in [2.45, 2.75) is 31.5 Å². The van der Waals surface area contributed by atoms with Crippen LogP contribution in [0.1, 0.15) is 34.0 Å². The lowest BCUT2D eigenvalue weighted by molar-refractivity contribution is -0.121. The van der Waals surface area contributed by atoms with Crippen LogP contribution in [0, 0.1) is 0 Å². The van der Waals surface area contributed by atoms with Crippen LogP contribution in [-0.2, 0) is 29.1 Å². The first kappa shape index (κ1) is 19.5. The lowest BCUT2D eigenvalue weighted by Gasteiger charge is -2.20. The van der Waals surface area contributed by atoms with Gasteiger partial charge >= 0.3 is 0 Å². The summed E-state index contributed by atoms with van der Waals surface area (Å²) in [5, 5.41) is 12.9. The van der Waals surface area contributed by atoms with Crippen LogP contribution in [-0.4, -0.2) is 60.1 Å². The molecule has 29 heavy (non-hydrogen) atoms. The lowest BCUT2D eigenvalue weighted by Crippen LogP contribution is -2.40. The van der Waals surface area contributed by atoms with E-state index in [1.54, 1.807) is 7.11 Å². The highest BCUT2D eigenvalue weighted by molar-refractivity contribution is 5.98. The Balaban J connectivity index is 1.47. The number of carbonyl (C=O) groups is 1. The number of methoxy groups -OCH3 is 1. The number of nitrogens with one attached hydrogen (secondary N) is 1. The molecule has 0 unspecified atom stereocenters. The van der Waals surface area contributed by atoms with E-state index in [9.17, 15) is 9.90 Å². The van der Waals surface area contributed by atoms with Crippen molar-refractivity contribution in [2.75, 3.05) is 27.2 Å². The third-order valence-electron chi connectivity index (χ3n) is 5.60. The Labute approximate surface area is 170 Å². The zero-order chi connectivity index (χ0) is 20.4. The fraction of sp³-hybridized carbons (Fsp3) is 0.409. The number of aliphatic imine (C=N–C) groups is 1. The molecule has 2 atom stereocenters. The summed E-state index contributed by atoms with van der Waals surface area (Å²) >= 11 is 0. The number of benzene rings is 1. The number of rotatable bonds is 5. The number of hydrogen-bond acceptors (Lipinski definition) is 6. The van der Waals surface area contributed by atoms with E-state index in [2.05, 4.69) is 39.4 Å². The first-order valence-electron chi connectivity index (χ1n) is 9.83. The molecule has 1 aromatic carbocycles. The molecule has 2 N–H and O–H groups in total. The highest BCUT2D eigenvalue weighted by Gasteiger charge is 2.33. The third kappa shape index (κ3) is 4.02. The zero-order valence-corrected chi connectivity index (χ0v) is 16.8. The number of fused-ring (bicyclic) bond motifs is 1. The molecule has 0 aliphatic carbocycles. The molecule has 1 saturated heterocycles. The average Bonchev–Trinajstić information content (AvgIpc) is 3.30. The number of amides is 1. The quantitative estimate of drug-likeness (QED) is 0.797. The normalized spacial score (nSPS) is 21.0. The van der Waals surface area contributed by atoms with Crippen LogP contribution in [0.25, 0.3) is 0 Å². The molecule has 2 aliphatic heterocycles. The number of hydrogen-bond donors (Lipinski definition) is 2. The largest absolute Gasteiger partial charge is 0.481 e. The molecule has 1 fully saturated rings. The van der Waals surface area contributed by atoms with Gasteiger partial charge in [-0.3, -0.25) is 9.78 Å². The van der Waals surface area contributed by atoms with Gasteiger partial charge in [-0.05, 0) is 24.2 Å². The highest BCUT2D eigenvalue weighted by Crippen LogP contribution is 2.27. The van der Waals surface area contributed by atoms with Crippen LogP contribution in [0.5, 0.6) is 0 Å². The van der Waals surface area contributed by atoms with E-state index in [4.69, 9.17) is 4.74 Å². The predicted octanol–water partition coefficient (Wildman–Crippen LogP) is 1.24. The van der Waals surface area contributed by atoms with E-state index in [-0.39, 0.29) is 30.9 Å². The van der Waals surface area contributed by atoms with Gasteiger partial charge in [0.15, 0.2) is 0 Å². The number of ether oxygens (including phenoxy) is 1. The predicted molar refractivity (Wildman–Crippen MR) is 110 cm³/mol. The first-order valence-corrected chi connectivity index (χ1v) is 9.83. The molecule has 0 saturated carbocycles. The molecule has 0 radical (unpaired) electrons. The van der Waals surface area contributed by atoms with Gasteiger partial charge in [0.05, 0.1) is 43.6 Å². The molecule has 152 valence electrons. The summed E-state index contributed by atoms with van der Waals surface area (Å²) in [4.78, 5) is 23.8. The molecule has 7 heteroatoms. The van der Waals surface area contributed by atoms with Gasteiger partial charge in [-0.2, -0.15) is 0 Å². The topological polar surface area (TPSA) is 87.0 Å². The van der Waals surface area contributed by atoms with Gasteiger partial charge in [0.25, 0.3) is 0 Å². The lowest BCUT2D eigenvalue weighted by atomic mass is 9.94. The Bertz CT molecular complexity index is 929. The Morgan fingerprint density at radius 3 is 2.83 bits per heavy atom. The van der Waals surface area contributed by atoms with Crippen LogP contribution in [0.2, 0.25) is 0 Å².